The Hall–Kier alpha value is -3.41. The molecule has 0 aliphatic carbocycles. The van der Waals surface area contributed by atoms with Crippen LogP contribution in [-0.2, 0) is 13.7 Å². The van der Waals surface area contributed by atoms with Gasteiger partial charge in [-0.05, 0) is 43.3 Å². The second-order valence-corrected chi connectivity index (χ2v) is 6.15. The summed E-state index contributed by atoms with van der Waals surface area (Å²) in [5.74, 6) is 0.0594. The molecule has 3 aromatic rings. The second kappa shape index (κ2) is 6.15. The van der Waals surface area contributed by atoms with Gasteiger partial charge in [0.15, 0.2) is 0 Å². The number of rotatable bonds is 4. The summed E-state index contributed by atoms with van der Waals surface area (Å²) >= 11 is 0. The van der Waals surface area contributed by atoms with Crippen LogP contribution in [0, 0.1) is 6.92 Å². The van der Waals surface area contributed by atoms with Crippen molar-refractivity contribution in [3.63, 3.8) is 0 Å². The van der Waals surface area contributed by atoms with E-state index in [0.717, 1.165) is 11.3 Å². The van der Waals surface area contributed by atoms with Gasteiger partial charge in [0.2, 0.25) is 0 Å². The molecule has 0 N–H and O–H groups in total. The minimum atomic E-state index is -0.301. The smallest absolute Gasteiger partial charge is 0.266 e. The number of carbonyl (C=O) groups is 2. The number of hydrogen-bond donors (Lipinski definition) is 0. The Labute approximate surface area is 150 Å². The highest BCUT2D eigenvalue weighted by molar-refractivity contribution is 6.34. The quantitative estimate of drug-likeness (QED) is 0.680. The average molecular weight is 347 g/mol. The summed E-state index contributed by atoms with van der Waals surface area (Å²) in [5.41, 5.74) is 3.46. The van der Waals surface area contributed by atoms with Crippen LogP contribution in [0.4, 0.5) is 5.69 Å². The molecule has 1 aliphatic heterocycles. The van der Waals surface area contributed by atoms with E-state index in [1.54, 1.807) is 59.4 Å². The summed E-state index contributed by atoms with van der Waals surface area (Å²) in [7, 11) is 1.88. The Morgan fingerprint density at radius 3 is 2.12 bits per heavy atom. The highest BCUT2D eigenvalue weighted by Gasteiger charge is 2.36. The zero-order chi connectivity index (χ0) is 18.3. The van der Waals surface area contributed by atoms with Gasteiger partial charge in [0, 0.05) is 18.3 Å². The molecule has 1 aliphatic rings. The number of fused-ring (bicyclic) bond motifs is 1. The molecule has 1 aromatic heterocycles. The van der Waals surface area contributed by atoms with E-state index in [0.29, 0.717) is 29.2 Å². The summed E-state index contributed by atoms with van der Waals surface area (Å²) in [6, 6.07) is 13.8. The zero-order valence-corrected chi connectivity index (χ0v) is 14.5. The van der Waals surface area contributed by atoms with Gasteiger partial charge in [-0.15, -0.1) is 0 Å². The first-order chi connectivity index (χ1) is 12.6. The normalized spacial score (nSPS) is 13.2. The van der Waals surface area contributed by atoms with E-state index in [9.17, 15) is 9.59 Å². The van der Waals surface area contributed by atoms with Crippen molar-refractivity contribution in [2.24, 2.45) is 7.05 Å². The standard InChI is InChI=1S/C20H17N3O3/c1-13-14(11-21-22(13)2)12-26-16-9-7-15(8-10-16)23-19(24)17-5-3-4-6-18(17)20(23)25/h3-11H,12H2,1-2H3. The van der Waals surface area contributed by atoms with Gasteiger partial charge in [0.05, 0.1) is 23.0 Å². The number of nitrogens with zero attached hydrogens (tertiary/aromatic N) is 3. The largest absolute Gasteiger partial charge is 0.489 e. The van der Waals surface area contributed by atoms with E-state index >= 15 is 0 Å². The molecule has 0 saturated carbocycles. The van der Waals surface area contributed by atoms with Crippen LogP contribution < -0.4 is 9.64 Å². The Balaban J connectivity index is 1.51. The zero-order valence-electron chi connectivity index (χ0n) is 14.5. The van der Waals surface area contributed by atoms with E-state index in [-0.39, 0.29) is 11.8 Å². The average Bonchev–Trinajstić information content (AvgIpc) is 3.12. The van der Waals surface area contributed by atoms with Crippen molar-refractivity contribution < 1.29 is 14.3 Å². The maximum absolute atomic E-state index is 12.5. The lowest BCUT2D eigenvalue weighted by Gasteiger charge is -2.14. The molecule has 130 valence electrons. The Morgan fingerprint density at radius 2 is 1.58 bits per heavy atom. The molecule has 2 aromatic carbocycles. The van der Waals surface area contributed by atoms with Crippen molar-refractivity contribution in [1.29, 1.82) is 0 Å². The van der Waals surface area contributed by atoms with Gasteiger partial charge >= 0.3 is 0 Å². The molecule has 0 bridgehead atoms. The van der Waals surface area contributed by atoms with Crippen LogP contribution >= 0.6 is 0 Å². The van der Waals surface area contributed by atoms with Gasteiger partial charge in [0.1, 0.15) is 12.4 Å². The number of ether oxygens (including phenoxy) is 1. The first-order valence-corrected chi connectivity index (χ1v) is 8.24. The fourth-order valence-electron chi connectivity index (χ4n) is 2.96. The van der Waals surface area contributed by atoms with Gasteiger partial charge in [-0.2, -0.15) is 5.10 Å². The molecule has 6 heteroatoms. The number of anilines is 1. The van der Waals surface area contributed by atoms with Gasteiger partial charge in [-0.3, -0.25) is 14.3 Å². The second-order valence-electron chi connectivity index (χ2n) is 6.15. The Morgan fingerprint density at radius 1 is 0.962 bits per heavy atom. The molecule has 0 saturated heterocycles. The number of carbonyl (C=O) groups excluding carboxylic acids is 2. The molecule has 2 amide bonds. The highest BCUT2D eigenvalue weighted by Crippen LogP contribution is 2.29. The number of aryl methyl sites for hydroxylation is 1. The fraction of sp³-hybridized carbons (Fsp3) is 0.150. The molecular weight excluding hydrogens is 330 g/mol. The van der Waals surface area contributed by atoms with Crippen molar-refractivity contribution in [2.45, 2.75) is 13.5 Å². The number of imide groups is 1. The monoisotopic (exact) mass is 347 g/mol. The molecule has 0 spiro atoms. The van der Waals surface area contributed by atoms with Crippen molar-refractivity contribution in [1.82, 2.24) is 9.78 Å². The summed E-state index contributed by atoms with van der Waals surface area (Å²) < 4.78 is 7.57. The lowest BCUT2D eigenvalue weighted by atomic mass is 10.1. The first-order valence-electron chi connectivity index (χ1n) is 8.24. The van der Waals surface area contributed by atoms with Crippen molar-refractivity contribution in [3.8, 4) is 5.75 Å². The maximum atomic E-state index is 12.5. The molecular formula is C20H17N3O3. The molecule has 26 heavy (non-hydrogen) atoms. The predicted molar refractivity (Wildman–Crippen MR) is 96.3 cm³/mol. The third kappa shape index (κ3) is 2.56. The minimum Gasteiger partial charge on any atom is -0.489 e. The van der Waals surface area contributed by atoms with Crippen LogP contribution in [0.15, 0.2) is 54.7 Å². The lowest BCUT2D eigenvalue weighted by Crippen LogP contribution is -2.29. The third-order valence-corrected chi connectivity index (χ3v) is 4.62. The highest BCUT2D eigenvalue weighted by atomic mass is 16.5. The van der Waals surface area contributed by atoms with E-state index in [1.807, 2.05) is 14.0 Å². The molecule has 0 atom stereocenters. The third-order valence-electron chi connectivity index (χ3n) is 4.62. The van der Waals surface area contributed by atoms with Crippen molar-refractivity contribution >= 4 is 17.5 Å². The molecule has 0 radical (unpaired) electrons. The van der Waals surface area contributed by atoms with Crippen molar-refractivity contribution in [2.75, 3.05) is 4.90 Å². The fourth-order valence-corrected chi connectivity index (χ4v) is 2.96. The van der Waals surface area contributed by atoms with Crippen LogP contribution in [0.3, 0.4) is 0 Å². The van der Waals surface area contributed by atoms with Crippen LogP contribution in [0.1, 0.15) is 32.0 Å². The van der Waals surface area contributed by atoms with Crippen LogP contribution in [-0.4, -0.2) is 21.6 Å². The Kier molecular flexibility index (Phi) is 3.80. The van der Waals surface area contributed by atoms with Gasteiger partial charge in [0.25, 0.3) is 11.8 Å². The molecule has 6 nitrogen and oxygen atoms in total. The van der Waals surface area contributed by atoms with E-state index in [4.69, 9.17) is 4.74 Å². The maximum Gasteiger partial charge on any atom is 0.266 e. The topological polar surface area (TPSA) is 64.4 Å². The van der Waals surface area contributed by atoms with Crippen molar-refractivity contribution in [3.05, 3.63) is 77.1 Å². The number of benzene rings is 2. The predicted octanol–water partition coefficient (Wildman–Crippen LogP) is 3.11. The Bertz CT molecular complexity index is 970. The molecule has 0 fully saturated rings. The molecule has 2 heterocycles. The number of aromatic nitrogens is 2. The van der Waals surface area contributed by atoms with Crippen LogP contribution in [0.5, 0.6) is 5.75 Å². The summed E-state index contributed by atoms with van der Waals surface area (Å²) in [6.07, 6.45) is 1.78. The lowest BCUT2D eigenvalue weighted by molar-refractivity contribution is 0.0926. The van der Waals surface area contributed by atoms with Gasteiger partial charge in [-0.25, -0.2) is 4.90 Å². The number of hydrogen-bond acceptors (Lipinski definition) is 4. The van der Waals surface area contributed by atoms with E-state index in [1.165, 1.54) is 4.90 Å². The molecule has 4 rings (SSSR count). The van der Waals surface area contributed by atoms with Gasteiger partial charge in [-0.1, -0.05) is 12.1 Å². The van der Waals surface area contributed by atoms with Crippen LogP contribution in [0.25, 0.3) is 0 Å². The summed E-state index contributed by atoms with van der Waals surface area (Å²) in [6.45, 7) is 2.39. The van der Waals surface area contributed by atoms with Gasteiger partial charge < -0.3 is 4.74 Å². The summed E-state index contributed by atoms with van der Waals surface area (Å²) in [4.78, 5) is 26.2. The summed E-state index contributed by atoms with van der Waals surface area (Å²) in [5, 5.41) is 4.19. The first kappa shape index (κ1) is 16.1. The van der Waals surface area contributed by atoms with E-state index < -0.39 is 0 Å². The van der Waals surface area contributed by atoms with Crippen LogP contribution in [0.2, 0.25) is 0 Å². The SMILES string of the molecule is Cc1c(COc2ccc(N3C(=O)c4ccccc4C3=O)cc2)cnn1C. The minimum absolute atomic E-state index is 0.301. The van der Waals surface area contributed by atoms with E-state index in [2.05, 4.69) is 5.10 Å². The number of amides is 2. The molecule has 0 unspecified atom stereocenters.